The Morgan fingerprint density at radius 3 is 1.98 bits per heavy atom. The Morgan fingerprint density at radius 2 is 1.49 bits per heavy atom. The number of nitrogens with two attached hydrogens (primary N) is 1. The molecule has 43 heavy (non-hydrogen) atoms. The zero-order valence-corrected chi connectivity index (χ0v) is 26.7. The first-order valence-electron chi connectivity index (χ1n) is 15.6. The van der Waals surface area contributed by atoms with Crippen molar-refractivity contribution < 1.29 is 24.0 Å². The predicted molar refractivity (Wildman–Crippen MR) is 166 cm³/mol. The number of ketones is 1. The Morgan fingerprint density at radius 1 is 0.884 bits per heavy atom. The van der Waals surface area contributed by atoms with Gasteiger partial charge in [0.2, 0.25) is 17.6 Å². The number of nitrogens with zero attached hydrogens (tertiary/aromatic N) is 1. The van der Waals surface area contributed by atoms with Crippen molar-refractivity contribution in [2.45, 2.75) is 117 Å². The van der Waals surface area contributed by atoms with E-state index in [0.717, 1.165) is 50.5 Å². The third-order valence-electron chi connectivity index (χ3n) is 8.49. The third-order valence-corrected chi connectivity index (χ3v) is 8.49. The Kier molecular flexibility index (Phi) is 11.4. The van der Waals surface area contributed by atoms with Crippen molar-refractivity contribution in [1.82, 2.24) is 20.9 Å². The number of carbonyl (C=O) groups is 5. The maximum atomic E-state index is 14.6. The molecule has 2 unspecified atom stereocenters. The number of hydrogen-bond donors (Lipinski definition) is 4. The van der Waals surface area contributed by atoms with Gasteiger partial charge in [0.15, 0.2) is 0 Å². The van der Waals surface area contributed by atoms with Crippen molar-refractivity contribution in [3.63, 3.8) is 0 Å². The third kappa shape index (κ3) is 9.79. The van der Waals surface area contributed by atoms with Crippen molar-refractivity contribution in [1.29, 1.82) is 0 Å². The highest BCUT2D eigenvalue weighted by molar-refractivity contribution is 6.37. The highest BCUT2D eigenvalue weighted by Gasteiger charge is 2.42. The van der Waals surface area contributed by atoms with Crippen molar-refractivity contribution in [3.05, 3.63) is 35.9 Å². The molecule has 1 aromatic rings. The summed E-state index contributed by atoms with van der Waals surface area (Å²) in [6.45, 7) is 10.9. The molecule has 238 valence electrons. The quantitative estimate of drug-likeness (QED) is 0.269. The minimum Gasteiger partial charge on any atom is -0.363 e. The van der Waals surface area contributed by atoms with Gasteiger partial charge in [0, 0.05) is 5.54 Å². The van der Waals surface area contributed by atoms with Crippen molar-refractivity contribution in [2.75, 3.05) is 6.54 Å². The van der Waals surface area contributed by atoms with Gasteiger partial charge in [-0.3, -0.25) is 19.2 Å². The molecule has 10 nitrogen and oxygen atoms in total. The number of nitrogens with one attached hydrogen (secondary N) is 3. The minimum absolute atomic E-state index is 0.112. The number of amides is 5. The van der Waals surface area contributed by atoms with Gasteiger partial charge in [0.1, 0.15) is 12.6 Å². The summed E-state index contributed by atoms with van der Waals surface area (Å²) in [5.74, 6) is -2.50. The summed E-state index contributed by atoms with van der Waals surface area (Å²) >= 11 is 0. The molecule has 0 saturated heterocycles. The number of carbonyl (C=O) groups excluding carboxylic acids is 5. The first-order chi connectivity index (χ1) is 20.1. The Balaban J connectivity index is 1.99. The van der Waals surface area contributed by atoms with Crippen molar-refractivity contribution in [2.24, 2.45) is 23.0 Å². The van der Waals surface area contributed by atoms with Crippen LogP contribution in [0.2, 0.25) is 0 Å². The molecule has 0 bridgehead atoms. The van der Waals surface area contributed by atoms with Crippen LogP contribution in [0.25, 0.3) is 0 Å². The molecule has 10 heteroatoms. The molecule has 0 radical (unpaired) electrons. The van der Waals surface area contributed by atoms with E-state index in [1.54, 1.807) is 4.90 Å². The fourth-order valence-electron chi connectivity index (χ4n) is 6.13. The normalized spacial score (nSPS) is 18.1. The Bertz CT molecular complexity index is 1150. The molecule has 1 aromatic carbocycles. The molecular formula is C33H51N5O5. The van der Waals surface area contributed by atoms with Crippen LogP contribution in [0.1, 0.15) is 105 Å². The number of benzene rings is 1. The van der Waals surface area contributed by atoms with Gasteiger partial charge < -0.3 is 26.6 Å². The topological polar surface area (TPSA) is 151 Å². The zero-order chi connectivity index (χ0) is 31.9. The average Bonchev–Trinajstić information content (AvgIpc) is 3.40. The number of Topliss-reactive ketones (excluding diaryl/α,β-unsaturated/α-hetero) is 1. The van der Waals surface area contributed by atoms with Crippen LogP contribution >= 0.6 is 0 Å². The molecule has 5 N–H and O–H groups in total. The fraction of sp³-hybridized carbons (Fsp3) is 0.667. The van der Waals surface area contributed by atoms with Crippen LogP contribution < -0.4 is 21.7 Å². The number of hydrogen-bond acceptors (Lipinski definition) is 5. The molecule has 0 heterocycles. The lowest BCUT2D eigenvalue weighted by Gasteiger charge is -2.41. The fourth-order valence-corrected chi connectivity index (χ4v) is 6.13. The van der Waals surface area contributed by atoms with Crippen LogP contribution in [0, 0.1) is 17.3 Å². The van der Waals surface area contributed by atoms with Gasteiger partial charge in [0.05, 0.1) is 12.1 Å². The van der Waals surface area contributed by atoms with E-state index >= 15 is 0 Å². The van der Waals surface area contributed by atoms with Gasteiger partial charge in [-0.1, -0.05) is 83.2 Å². The molecule has 2 aliphatic carbocycles. The highest BCUT2D eigenvalue weighted by atomic mass is 16.2. The van der Waals surface area contributed by atoms with E-state index in [0.29, 0.717) is 6.42 Å². The van der Waals surface area contributed by atoms with Gasteiger partial charge in [-0.2, -0.15) is 0 Å². The first-order valence-corrected chi connectivity index (χ1v) is 15.6. The van der Waals surface area contributed by atoms with E-state index in [9.17, 15) is 24.0 Å². The molecule has 3 atom stereocenters. The lowest BCUT2D eigenvalue weighted by Crippen LogP contribution is -2.60. The molecule has 0 aliphatic heterocycles. The molecular weight excluding hydrogens is 546 g/mol. The largest absolute Gasteiger partial charge is 0.363 e. The summed E-state index contributed by atoms with van der Waals surface area (Å²) in [4.78, 5) is 67.4. The van der Waals surface area contributed by atoms with Crippen molar-refractivity contribution in [3.8, 4) is 0 Å². The summed E-state index contributed by atoms with van der Waals surface area (Å²) in [5, 5.41) is 8.51. The van der Waals surface area contributed by atoms with E-state index in [1.165, 1.54) is 0 Å². The van der Waals surface area contributed by atoms with Gasteiger partial charge in [-0.15, -0.1) is 0 Å². The predicted octanol–water partition coefficient (Wildman–Crippen LogP) is 3.99. The molecule has 0 spiro atoms. The van der Waals surface area contributed by atoms with E-state index in [1.807, 2.05) is 71.9 Å². The maximum absolute atomic E-state index is 14.6. The summed E-state index contributed by atoms with van der Waals surface area (Å²) in [6.07, 6.45) is 7.07. The number of primary amides is 1. The van der Waals surface area contributed by atoms with Crippen LogP contribution in [0.4, 0.5) is 4.79 Å². The van der Waals surface area contributed by atoms with Gasteiger partial charge in [0.25, 0.3) is 5.91 Å². The second kappa shape index (κ2) is 14.4. The number of urea groups is 1. The molecule has 2 saturated carbocycles. The molecule has 2 fully saturated rings. The van der Waals surface area contributed by atoms with E-state index in [2.05, 4.69) is 16.0 Å². The van der Waals surface area contributed by atoms with Crippen LogP contribution in [0.5, 0.6) is 0 Å². The van der Waals surface area contributed by atoms with E-state index in [4.69, 9.17) is 5.73 Å². The maximum Gasteiger partial charge on any atom is 0.315 e. The Labute approximate surface area is 256 Å². The second-order valence-electron chi connectivity index (χ2n) is 14.4. The van der Waals surface area contributed by atoms with Crippen molar-refractivity contribution >= 4 is 29.5 Å². The molecule has 0 aromatic heterocycles. The van der Waals surface area contributed by atoms with E-state index < -0.39 is 52.7 Å². The van der Waals surface area contributed by atoms with Gasteiger partial charge in [-0.05, 0) is 62.8 Å². The molecule has 5 amide bonds. The second-order valence-corrected chi connectivity index (χ2v) is 14.4. The van der Waals surface area contributed by atoms with Crippen LogP contribution in [0.3, 0.4) is 0 Å². The van der Waals surface area contributed by atoms with Crippen LogP contribution in [-0.4, -0.2) is 58.6 Å². The minimum atomic E-state index is -1.09. The highest BCUT2D eigenvalue weighted by Crippen LogP contribution is 2.40. The van der Waals surface area contributed by atoms with E-state index in [-0.39, 0.29) is 24.3 Å². The average molecular weight is 598 g/mol. The standard InChI is InChI=1S/C33H51N5O5/c1-32(2,3)28(36-31(43)37-33(4,5)6)30(42)38(26(23-17-10-11-18-23)22-15-8-7-9-16-22)20-25(39)35-24(27(40)29(34)41)19-21-13-12-14-21/h7-9,15-16,21,23-24,26,28H,10-14,17-20H2,1-6H3,(H2,34,41)(H,35,39)(H2,36,37,43)/t24?,26-,28?/m1/s1. The summed E-state index contributed by atoms with van der Waals surface area (Å²) in [7, 11) is 0. The van der Waals surface area contributed by atoms with Gasteiger partial charge >= 0.3 is 6.03 Å². The molecule has 3 rings (SSSR count). The monoisotopic (exact) mass is 597 g/mol. The molecule has 2 aliphatic rings. The SMILES string of the molecule is CC(C)(C)NC(=O)NC(C(=O)N(CC(=O)NC(CC1CCC1)C(=O)C(N)=O)[C@H](c1ccccc1)C1CCCC1)C(C)(C)C. The lowest BCUT2D eigenvalue weighted by atomic mass is 9.80. The number of rotatable bonds is 12. The Hall–Kier alpha value is -3.43. The lowest BCUT2D eigenvalue weighted by molar-refractivity contribution is -0.144. The van der Waals surface area contributed by atoms with Crippen LogP contribution in [0.15, 0.2) is 30.3 Å². The zero-order valence-electron chi connectivity index (χ0n) is 26.7. The van der Waals surface area contributed by atoms with Gasteiger partial charge in [-0.25, -0.2) is 4.79 Å². The first kappa shape index (κ1) is 34.1. The summed E-state index contributed by atoms with van der Waals surface area (Å²) in [5.41, 5.74) is 5.03. The summed E-state index contributed by atoms with van der Waals surface area (Å²) in [6, 6.07) is 6.77. The van der Waals surface area contributed by atoms with Crippen LogP contribution in [-0.2, 0) is 19.2 Å². The smallest absolute Gasteiger partial charge is 0.315 e. The summed E-state index contributed by atoms with van der Waals surface area (Å²) < 4.78 is 0.